The summed E-state index contributed by atoms with van der Waals surface area (Å²) in [6.07, 6.45) is -1.68. The molecule has 184 valence electrons. The van der Waals surface area contributed by atoms with Gasteiger partial charge < -0.3 is 18.9 Å². The van der Waals surface area contributed by atoms with Gasteiger partial charge in [0.15, 0.2) is 12.2 Å². The van der Waals surface area contributed by atoms with Crippen molar-refractivity contribution in [3.8, 4) is 0 Å². The van der Waals surface area contributed by atoms with Gasteiger partial charge in [0, 0.05) is 4.47 Å². The molecule has 0 amide bonds. The highest BCUT2D eigenvalue weighted by Crippen LogP contribution is 2.29. The van der Waals surface area contributed by atoms with E-state index in [1.807, 2.05) is 78.9 Å². The lowest BCUT2D eigenvalue weighted by Gasteiger charge is -2.19. The molecule has 0 fully saturated rings. The van der Waals surface area contributed by atoms with E-state index in [-0.39, 0.29) is 26.4 Å². The van der Waals surface area contributed by atoms with Crippen LogP contribution in [-0.4, -0.2) is 25.2 Å². The predicted molar refractivity (Wildman–Crippen MR) is 135 cm³/mol. The fourth-order valence-electron chi connectivity index (χ4n) is 3.49. The van der Waals surface area contributed by atoms with Gasteiger partial charge in [-0.3, -0.25) is 0 Å². The molecule has 2 unspecified atom stereocenters. The number of esters is 2. The molecule has 0 spiro atoms. The number of ether oxygens (including phenoxy) is 4. The Balaban J connectivity index is 1.73. The molecule has 7 heteroatoms. The highest BCUT2D eigenvalue weighted by molar-refractivity contribution is 9.10. The Morgan fingerprint density at radius 2 is 1.06 bits per heavy atom. The molecule has 3 aromatic carbocycles. The van der Waals surface area contributed by atoms with E-state index >= 15 is 0 Å². The van der Waals surface area contributed by atoms with E-state index in [1.165, 1.54) is 0 Å². The first-order valence-corrected chi connectivity index (χ1v) is 12.3. The lowest BCUT2D eigenvalue weighted by molar-refractivity contribution is -0.158. The Labute approximate surface area is 214 Å². The number of rotatable bonds is 12. The maximum Gasteiger partial charge on any atom is 0.339 e. The summed E-state index contributed by atoms with van der Waals surface area (Å²) in [5.41, 5.74) is 3.12. The van der Waals surface area contributed by atoms with Gasteiger partial charge in [0.1, 0.15) is 0 Å². The van der Waals surface area contributed by atoms with Crippen molar-refractivity contribution in [3.05, 3.63) is 106 Å². The number of hydrogen-bond donors (Lipinski definition) is 0. The van der Waals surface area contributed by atoms with E-state index in [0.717, 1.165) is 26.7 Å². The molecule has 0 aliphatic heterocycles. The molecule has 0 radical (unpaired) electrons. The van der Waals surface area contributed by atoms with E-state index in [2.05, 4.69) is 15.9 Å². The second-order valence-electron chi connectivity index (χ2n) is 7.60. The normalized spacial score (nSPS) is 12.5. The third-order valence-corrected chi connectivity index (χ3v) is 6.19. The van der Waals surface area contributed by atoms with Gasteiger partial charge in [0.25, 0.3) is 0 Å². The van der Waals surface area contributed by atoms with E-state index in [4.69, 9.17) is 18.9 Å². The topological polar surface area (TPSA) is 71.1 Å². The lowest BCUT2D eigenvalue weighted by atomic mass is 10.1. The largest absolute Gasteiger partial charge is 0.464 e. The zero-order valence-electron chi connectivity index (χ0n) is 19.8. The van der Waals surface area contributed by atoms with Crippen molar-refractivity contribution in [2.24, 2.45) is 0 Å². The molecule has 2 atom stereocenters. The van der Waals surface area contributed by atoms with E-state index in [0.29, 0.717) is 0 Å². The van der Waals surface area contributed by atoms with Crippen LogP contribution in [0.25, 0.3) is 0 Å². The molecule has 35 heavy (non-hydrogen) atoms. The molecule has 6 nitrogen and oxygen atoms in total. The van der Waals surface area contributed by atoms with Gasteiger partial charge in [-0.1, -0.05) is 94.8 Å². The maximum absolute atomic E-state index is 12.5. The minimum Gasteiger partial charge on any atom is -0.464 e. The Bertz CT molecular complexity index is 1000. The van der Waals surface area contributed by atoms with Crippen LogP contribution in [-0.2, 0) is 41.8 Å². The number of hydrogen-bond acceptors (Lipinski definition) is 6. The monoisotopic (exact) mass is 540 g/mol. The summed E-state index contributed by atoms with van der Waals surface area (Å²) in [5, 5.41) is 0. The summed E-state index contributed by atoms with van der Waals surface area (Å²) in [4.78, 5) is 25.0. The highest BCUT2D eigenvalue weighted by atomic mass is 79.9. The van der Waals surface area contributed by atoms with Gasteiger partial charge in [-0.25, -0.2) is 9.59 Å². The van der Waals surface area contributed by atoms with Crippen molar-refractivity contribution in [1.82, 2.24) is 0 Å². The maximum atomic E-state index is 12.5. The first-order valence-electron chi connectivity index (χ1n) is 11.5. The van der Waals surface area contributed by atoms with Crippen LogP contribution in [0.1, 0.15) is 48.3 Å². The average molecular weight is 541 g/mol. The van der Waals surface area contributed by atoms with Crippen molar-refractivity contribution in [1.29, 1.82) is 0 Å². The van der Waals surface area contributed by atoms with Gasteiger partial charge >= 0.3 is 11.9 Å². The third-order valence-electron chi connectivity index (χ3n) is 5.18. The SMILES string of the molecule is CCOC(=O)C(OCc1cccc(COC(C(=O)OCC)c2ccccc2)c1Br)c1ccccc1. The molecular formula is C28H29BrO6. The van der Waals surface area contributed by atoms with Crippen LogP contribution in [0.4, 0.5) is 0 Å². The van der Waals surface area contributed by atoms with Gasteiger partial charge in [0.2, 0.25) is 0 Å². The summed E-state index contributed by atoms with van der Waals surface area (Å²) in [6, 6.07) is 24.2. The summed E-state index contributed by atoms with van der Waals surface area (Å²) >= 11 is 3.64. The van der Waals surface area contributed by atoms with Crippen LogP contribution < -0.4 is 0 Å². The molecule has 3 rings (SSSR count). The van der Waals surface area contributed by atoms with Crippen molar-refractivity contribution >= 4 is 27.9 Å². The molecule has 3 aromatic rings. The smallest absolute Gasteiger partial charge is 0.339 e. The first-order chi connectivity index (χ1) is 17.0. The average Bonchev–Trinajstić information content (AvgIpc) is 2.87. The standard InChI is InChI=1S/C28H29BrO6/c1-3-32-27(30)25(20-12-7-5-8-13-20)34-18-22-16-11-17-23(24(22)29)19-35-26(28(31)33-4-2)21-14-9-6-10-15-21/h5-17,25-26H,3-4,18-19H2,1-2H3. The van der Waals surface area contributed by atoms with Gasteiger partial charge in [-0.05, 0) is 36.1 Å². The second-order valence-corrected chi connectivity index (χ2v) is 8.39. The predicted octanol–water partition coefficient (Wildman–Crippen LogP) is 6.09. The van der Waals surface area contributed by atoms with Crippen LogP contribution >= 0.6 is 15.9 Å². The molecule has 0 saturated carbocycles. The summed E-state index contributed by atoms with van der Waals surface area (Å²) in [6.45, 7) is 4.41. The number of carbonyl (C=O) groups is 2. The molecule has 0 aliphatic carbocycles. The van der Waals surface area contributed by atoms with Crippen LogP contribution in [0.2, 0.25) is 0 Å². The van der Waals surface area contributed by atoms with Crippen LogP contribution in [0.3, 0.4) is 0 Å². The Hall–Kier alpha value is -3.00. The van der Waals surface area contributed by atoms with Gasteiger partial charge in [0.05, 0.1) is 26.4 Å². The lowest BCUT2D eigenvalue weighted by Crippen LogP contribution is -2.19. The fourth-order valence-corrected chi connectivity index (χ4v) is 3.99. The highest BCUT2D eigenvalue weighted by Gasteiger charge is 2.25. The Kier molecular flexibility index (Phi) is 10.5. The van der Waals surface area contributed by atoms with Crippen molar-refractivity contribution in [2.45, 2.75) is 39.3 Å². The van der Waals surface area contributed by atoms with Crippen LogP contribution in [0, 0.1) is 0 Å². The van der Waals surface area contributed by atoms with Crippen molar-refractivity contribution in [3.63, 3.8) is 0 Å². The first kappa shape index (κ1) is 26.6. The molecule has 0 saturated heterocycles. The molecule has 0 N–H and O–H groups in total. The minimum atomic E-state index is -0.839. The van der Waals surface area contributed by atoms with Crippen LogP contribution in [0.15, 0.2) is 83.3 Å². The minimum absolute atomic E-state index is 0.173. The van der Waals surface area contributed by atoms with Crippen LogP contribution in [0.5, 0.6) is 0 Å². The molecular weight excluding hydrogens is 512 g/mol. The Morgan fingerprint density at radius 3 is 1.43 bits per heavy atom. The third kappa shape index (κ3) is 7.49. The van der Waals surface area contributed by atoms with Crippen molar-refractivity contribution in [2.75, 3.05) is 13.2 Å². The summed E-state index contributed by atoms with van der Waals surface area (Å²) in [5.74, 6) is -0.871. The zero-order valence-corrected chi connectivity index (χ0v) is 21.4. The summed E-state index contributed by atoms with van der Waals surface area (Å²) < 4.78 is 23.2. The zero-order chi connectivity index (χ0) is 25.0. The van der Waals surface area contributed by atoms with Gasteiger partial charge in [-0.2, -0.15) is 0 Å². The summed E-state index contributed by atoms with van der Waals surface area (Å²) in [7, 11) is 0. The quantitative estimate of drug-likeness (QED) is 0.259. The number of halogens is 1. The number of carbonyl (C=O) groups excluding carboxylic acids is 2. The van der Waals surface area contributed by atoms with E-state index < -0.39 is 24.1 Å². The van der Waals surface area contributed by atoms with E-state index in [1.54, 1.807) is 13.8 Å². The van der Waals surface area contributed by atoms with E-state index in [9.17, 15) is 9.59 Å². The fraction of sp³-hybridized carbons (Fsp3) is 0.286. The molecule has 0 aromatic heterocycles. The molecule has 0 aliphatic rings. The second kappa shape index (κ2) is 13.8. The number of benzene rings is 3. The van der Waals surface area contributed by atoms with Gasteiger partial charge in [-0.15, -0.1) is 0 Å². The van der Waals surface area contributed by atoms with Crippen molar-refractivity contribution < 1.29 is 28.5 Å². The Morgan fingerprint density at radius 1 is 0.657 bits per heavy atom. The molecule has 0 heterocycles. The molecule has 0 bridgehead atoms.